The Labute approximate surface area is 89.6 Å². The summed E-state index contributed by atoms with van der Waals surface area (Å²) in [5.74, 6) is 1.19. The molecule has 1 aliphatic carbocycles. The van der Waals surface area contributed by atoms with Crippen LogP contribution in [0.15, 0.2) is 29.3 Å². The van der Waals surface area contributed by atoms with Crippen LogP contribution in [0.2, 0.25) is 0 Å². The lowest BCUT2D eigenvalue weighted by atomic mass is 10.4. The van der Waals surface area contributed by atoms with Gasteiger partial charge in [0, 0.05) is 5.75 Å². The fourth-order valence-electron chi connectivity index (χ4n) is 1.46. The molecule has 0 saturated carbocycles. The molecule has 2 aliphatic rings. The molecule has 0 saturated heterocycles. The molecule has 1 nitrogen and oxygen atoms in total. The Hall–Kier alpha value is -0.760. The summed E-state index contributed by atoms with van der Waals surface area (Å²) in [6.07, 6.45) is 1.24. The molecule has 74 valence electrons. The second-order valence-electron chi connectivity index (χ2n) is 3.75. The van der Waals surface area contributed by atoms with Crippen LogP contribution in [0, 0.1) is 0 Å². The lowest BCUT2D eigenvalue weighted by Gasteiger charge is -1.87. The fourth-order valence-corrected chi connectivity index (χ4v) is 2.27. The van der Waals surface area contributed by atoms with E-state index in [2.05, 4.69) is 43.1 Å². The number of fused-ring (bicyclic) bond motifs is 1. The van der Waals surface area contributed by atoms with E-state index in [1.165, 1.54) is 28.3 Å². The largest absolute Gasteiger partial charge is 0.279 e. The normalized spacial score (nSPS) is 21.9. The summed E-state index contributed by atoms with van der Waals surface area (Å²) in [5.41, 5.74) is 3.06. The van der Waals surface area contributed by atoms with Gasteiger partial charge < -0.3 is 0 Å². The molecule has 0 radical (unpaired) electrons. The Balaban J connectivity index is 0.000000107. The molecule has 0 fully saturated rings. The molecule has 0 bridgehead atoms. The lowest BCUT2D eigenvalue weighted by Crippen LogP contribution is -1.92. The van der Waals surface area contributed by atoms with Crippen molar-refractivity contribution in [2.45, 2.75) is 26.3 Å². The van der Waals surface area contributed by atoms with Gasteiger partial charge >= 0.3 is 0 Å². The van der Waals surface area contributed by atoms with E-state index < -0.39 is 0 Å². The van der Waals surface area contributed by atoms with Crippen LogP contribution in [-0.2, 0) is 6.42 Å². The van der Waals surface area contributed by atoms with Crippen molar-refractivity contribution in [2.75, 3.05) is 5.75 Å². The van der Waals surface area contributed by atoms with E-state index in [1.807, 2.05) is 11.8 Å². The molecule has 1 atom stereocenters. The third-order valence-electron chi connectivity index (χ3n) is 2.31. The third-order valence-corrected chi connectivity index (χ3v) is 3.48. The van der Waals surface area contributed by atoms with Gasteiger partial charge in [-0.1, -0.05) is 24.3 Å². The first-order valence-electron chi connectivity index (χ1n) is 4.99. The Bertz CT molecular complexity index is 336. The lowest BCUT2D eigenvalue weighted by molar-refractivity contribution is 0.865. The first kappa shape index (κ1) is 9.78. The van der Waals surface area contributed by atoms with Crippen molar-refractivity contribution >= 4 is 16.8 Å². The third kappa shape index (κ3) is 2.61. The van der Waals surface area contributed by atoms with Crippen LogP contribution in [0.4, 0.5) is 0 Å². The molecule has 3 rings (SSSR count). The molecular weight excluding hydrogens is 190 g/mol. The number of nitrogens with zero attached hydrogens (tertiary/aromatic N) is 1. The van der Waals surface area contributed by atoms with E-state index in [1.54, 1.807) is 0 Å². The first-order chi connectivity index (χ1) is 6.75. The highest BCUT2D eigenvalue weighted by Gasteiger charge is 2.12. The Morgan fingerprint density at radius 2 is 1.93 bits per heavy atom. The molecule has 2 heteroatoms. The average molecular weight is 205 g/mol. The molecule has 14 heavy (non-hydrogen) atoms. The number of benzene rings is 1. The van der Waals surface area contributed by atoms with Gasteiger partial charge in [-0.15, -0.1) is 11.8 Å². The van der Waals surface area contributed by atoms with Crippen LogP contribution in [0.25, 0.3) is 0 Å². The number of hydrogen-bond acceptors (Lipinski definition) is 2. The Morgan fingerprint density at radius 3 is 2.21 bits per heavy atom. The van der Waals surface area contributed by atoms with Crippen molar-refractivity contribution in [3.8, 4) is 0 Å². The van der Waals surface area contributed by atoms with Crippen molar-refractivity contribution in [1.82, 2.24) is 0 Å². The van der Waals surface area contributed by atoms with Crippen LogP contribution in [0.3, 0.4) is 0 Å². The van der Waals surface area contributed by atoms with E-state index in [4.69, 9.17) is 0 Å². The van der Waals surface area contributed by atoms with Gasteiger partial charge in [0.15, 0.2) is 0 Å². The summed E-state index contributed by atoms with van der Waals surface area (Å²) < 4.78 is 0. The maximum absolute atomic E-state index is 4.27. The molecule has 1 aliphatic heterocycles. The summed E-state index contributed by atoms with van der Waals surface area (Å²) in [5, 5.41) is 1.24. The molecule has 0 amide bonds. The summed E-state index contributed by atoms with van der Waals surface area (Å²) in [6, 6.07) is 9.10. The SMILES string of the molecule is CC1=NC(C)CS1.c1ccc2c(c1)C2. The van der Waals surface area contributed by atoms with Crippen LogP contribution in [0.5, 0.6) is 0 Å². The van der Waals surface area contributed by atoms with Gasteiger partial charge in [0.2, 0.25) is 0 Å². The monoisotopic (exact) mass is 205 g/mol. The van der Waals surface area contributed by atoms with Crippen LogP contribution >= 0.6 is 11.8 Å². The first-order valence-corrected chi connectivity index (χ1v) is 5.98. The molecule has 0 aromatic heterocycles. The van der Waals surface area contributed by atoms with Crippen molar-refractivity contribution in [3.05, 3.63) is 35.4 Å². The molecule has 0 spiro atoms. The molecule has 1 heterocycles. The predicted molar refractivity (Wildman–Crippen MR) is 64.3 cm³/mol. The van der Waals surface area contributed by atoms with Crippen molar-refractivity contribution in [2.24, 2.45) is 4.99 Å². The Kier molecular flexibility index (Phi) is 2.92. The standard InChI is InChI=1S/C7H6.C5H9NS/c1-2-4-7-5-6(7)3-1;1-4-3-7-5(2)6-4/h1-4H,5H2;4H,3H2,1-2H3. The fraction of sp³-hybridized carbons (Fsp3) is 0.417. The molecule has 0 N–H and O–H groups in total. The maximum Gasteiger partial charge on any atom is 0.0649 e. The number of thioether (sulfide) groups is 1. The van der Waals surface area contributed by atoms with Crippen molar-refractivity contribution in [3.63, 3.8) is 0 Å². The number of hydrogen-bond donors (Lipinski definition) is 0. The van der Waals surface area contributed by atoms with Gasteiger partial charge in [0.25, 0.3) is 0 Å². The minimum absolute atomic E-state index is 0.574. The summed E-state index contributed by atoms with van der Waals surface area (Å²) in [6.45, 7) is 4.21. The predicted octanol–water partition coefficient (Wildman–Crippen LogP) is 3.13. The highest BCUT2D eigenvalue weighted by molar-refractivity contribution is 8.14. The zero-order valence-electron chi connectivity index (χ0n) is 8.66. The topological polar surface area (TPSA) is 12.4 Å². The van der Waals surface area contributed by atoms with Gasteiger partial charge in [0.1, 0.15) is 0 Å². The number of aliphatic imine (C=N–C) groups is 1. The zero-order valence-corrected chi connectivity index (χ0v) is 9.47. The second kappa shape index (κ2) is 4.18. The summed E-state index contributed by atoms with van der Waals surface area (Å²) in [4.78, 5) is 4.27. The highest BCUT2D eigenvalue weighted by atomic mass is 32.2. The smallest absolute Gasteiger partial charge is 0.0649 e. The van der Waals surface area contributed by atoms with E-state index in [0.29, 0.717) is 6.04 Å². The number of rotatable bonds is 0. The van der Waals surface area contributed by atoms with E-state index in [0.717, 1.165) is 0 Å². The van der Waals surface area contributed by atoms with E-state index >= 15 is 0 Å². The molecule has 1 aromatic carbocycles. The van der Waals surface area contributed by atoms with Gasteiger partial charge in [-0.3, -0.25) is 4.99 Å². The van der Waals surface area contributed by atoms with Crippen molar-refractivity contribution in [1.29, 1.82) is 0 Å². The average Bonchev–Trinajstić information content (AvgIpc) is 2.87. The van der Waals surface area contributed by atoms with Crippen LogP contribution < -0.4 is 0 Å². The minimum atomic E-state index is 0.574. The van der Waals surface area contributed by atoms with Gasteiger partial charge in [0.05, 0.1) is 11.1 Å². The second-order valence-corrected chi connectivity index (χ2v) is 4.97. The van der Waals surface area contributed by atoms with Gasteiger partial charge in [-0.05, 0) is 31.4 Å². The molecule has 1 unspecified atom stereocenters. The van der Waals surface area contributed by atoms with Gasteiger partial charge in [-0.2, -0.15) is 0 Å². The van der Waals surface area contributed by atoms with Crippen LogP contribution in [-0.4, -0.2) is 16.8 Å². The molecule has 1 aromatic rings. The zero-order chi connectivity index (χ0) is 9.97. The summed E-state index contributed by atoms with van der Waals surface area (Å²) >= 11 is 1.86. The molecular formula is C12H15NS. The maximum atomic E-state index is 4.27. The summed E-state index contributed by atoms with van der Waals surface area (Å²) in [7, 11) is 0. The minimum Gasteiger partial charge on any atom is -0.279 e. The highest BCUT2D eigenvalue weighted by Crippen LogP contribution is 2.25. The van der Waals surface area contributed by atoms with Crippen LogP contribution in [0.1, 0.15) is 25.0 Å². The van der Waals surface area contributed by atoms with E-state index in [9.17, 15) is 0 Å². The van der Waals surface area contributed by atoms with Crippen molar-refractivity contribution < 1.29 is 0 Å². The quantitative estimate of drug-likeness (QED) is 0.643. The van der Waals surface area contributed by atoms with E-state index in [-0.39, 0.29) is 0 Å². The Morgan fingerprint density at radius 1 is 1.29 bits per heavy atom. The van der Waals surface area contributed by atoms with Gasteiger partial charge in [-0.25, -0.2) is 0 Å².